The van der Waals surface area contributed by atoms with Crippen molar-refractivity contribution < 1.29 is 30.8 Å². The predicted molar refractivity (Wildman–Crippen MR) is 117 cm³/mol. The molecule has 1 atom stereocenters. The highest BCUT2D eigenvalue weighted by molar-refractivity contribution is 7.89. The second kappa shape index (κ2) is 8.35. The third-order valence-electron chi connectivity index (χ3n) is 6.08. The van der Waals surface area contributed by atoms with Crippen LogP contribution in [0.4, 0.5) is 17.6 Å². The Hall–Kier alpha value is -2.99. The zero-order chi connectivity index (χ0) is 25.0. The first-order valence-electron chi connectivity index (χ1n) is 10.5. The Morgan fingerprint density at radius 3 is 2.44 bits per heavy atom. The van der Waals surface area contributed by atoms with Gasteiger partial charge in [-0.05, 0) is 62.9 Å². The number of benzene rings is 1. The van der Waals surface area contributed by atoms with Crippen molar-refractivity contribution in [2.75, 3.05) is 0 Å². The van der Waals surface area contributed by atoms with Crippen molar-refractivity contribution in [3.05, 3.63) is 47.4 Å². The number of primary amides is 1. The van der Waals surface area contributed by atoms with Crippen LogP contribution in [0.25, 0.3) is 22.3 Å². The number of nitrogens with zero attached hydrogens (tertiary/aromatic N) is 2. The lowest BCUT2D eigenvalue weighted by atomic mass is 9.92. The summed E-state index contributed by atoms with van der Waals surface area (Å²) in [7, 11) is -4.50. The van der Waals surface area contributed by atoms with Crippen LogP contribution in [-0.2, 0) is 10.0 Å². The Kier molecular flexibility index (Phi) is 5.93. The second-order valence-corrected chi connectivity index (χ2v) is 10.1. The van der Waals surface area contributed by atoms with Crippen molar-refractivity contribution in [2.45, 2.75) is 56.3 Å². The molecule has 2 heterocycles. The Morgan fingerprint density at radius 2 is 1.94 bits per heavy atom. The van der Waals surface area contributed by atoms with Crippen LogP contribution in [0.2, 0.25) is 0 Å². The average molecular weight is 499 g/mol. The van der Waals surface area contributed by atoms with Crippen LogP contribution < -0.4 is 10.5 Å². The first-order chi connectivity index (χ1) is 15.8. The number of hydrogen-bond donors (Lipinski definition) is 2. The van der Waals surface area contributed by atoms with Gasteiger partial charge in [-0.1, -0.05) is 0 Å². The number of rotatable bonds is 6. The van der Waals surface area contributed by atoms with E-state index in [-0.39, 0.29) is 17.3 Å². The SMILES string of the molecule is Cc1cc2c(cc1F)c(C(N)=O)c(-c1ccc(S(=O)(=O)N[C@@H](C)C(F)(F)F)cn1)n2C1CCC1. The molecule has 1 aliphatic rings. The molecule has 3 N–H and O–H groups in total. The van der Waals surface area contributed by atoms with E-state index in [0.29, 0.717) is 29.1 Å². The summed E-state index contributed by atoms with van der Waals surface area (Å²) in [5.41, 5.74) is 7.20. The summed E-state index contributed by atoms with van der Waals surface area (Å²) in [5, 5.41) is 0.316. The molecule has 2 aromatic heterocycles. The number of aromatic nitrogens is 2. The smallest absolute Gasteiger partial charge is 0.366 e. The fourth-order valence-corrected chi connectivity index (χ4v) is 5.18. The fraction of sp³-hybridized carbons (Fsp3) is 0.364. The Balaban J connectivity index is 1.86. The zero-order valence-corrected chi connectivity index (χ0v) is 19.1. The highest BCUT2D eigenvalue weighted by atomic mass is 32.2. The molecule has 182 valence electrons. The number of hydrogen-bond acceptors (Lipinski definition) is 4. The van der Waals surface area contributed by atoms with Crippen LogP contribution in [0.3, 0.4) is 0 Å². The monoisotopic (exact) mass is 498 g/mol. The summed E-state index contributed by atoms with van der Waals surface area (Å²) in [5.74, 6) is -1.31. The van der Waals surface area contributed by atoms with Gasteiger partial charge in [0.25, 0.3) is 5.91 Å². The van der Waals surface area contributed by atoms with Crippen LogP contribution in [0.15, 0.2) is 35.4 Å². The number of carbonyl (C=O) groups is 1. The lowest BCUT2D eigenvalue weighted by molar-refractivity contribution is -0.147. The molecule has 34 heavy (non-hydrogen) atoms. The summed E-state index contributed by atoms with van der Waals surface area (Å²) in [6.07, 6.45) is -1.24. The van der Waals surface area contributed by atoms with Gasteiger partial charge in [-0.25, -0.2) is 12.8 Å². The minimum Gasteiger partial charge on any atom is -0.366 e. The number of alkyl halides is 3. The van der Waals surface area contributed by atoms with Gasteiger partial charge >= 0.3 is 6.18 Å². The van der Waals surface area contributed by atoms with Gasteiger partial charge in [-0.15, -0.1) is 0 Å². The summed E-state index contributed by atoms with van der Waals surface area (Å²) in [6, 6.07) is 2.98. The van der Waals surface area contributed by atoms with E-state index >= 15 is 0 Å². The van der Waals surface area contributed by atoms with Gasteiger partial charge in [-0.3, -0.25) is 9.78 Å². The molecule has 1 aliphatic carbocycles. The van der Waals surface area contributed by atoms with Gasteiger partial charge < -0.3 is 10.3 Å². The molecule has 0 spiro atoms. The van der Waals surface area contributed by atoms with Crippen molar-refractivity contribution in [3.63, 3.8) is 0 Å². The van der Waals surface area contributed by atoms with Crippen molar-refractivity contribution in [2.24, 2.45) is 5.73 Å². The molecule has 1 fully saturated rings. The quantitative estimate of drug-likeness (QED) is 0.497. The molecule has 1 amide bonds. The lowest BCUT2D eigenvalue weighted by Crippen LogP contribution is -2.42. The van der Waals surface area contributed by atoms with E-state index in [1.54, 1.807) is 17.7 Å². The van der Waals surface area contributed by atoms with Gasteiger partial charge in [0.15, 0.2) is 0 Å². The number of halogens is 4. The minimum atomic E-state index is -4.76. The summed E-state index contributed by atoms with van der Waals surface area (Å²) in [6.45, 7) is 2.29. The Bertz CT molecular complexity index is 1380. The number of nitrogens with one attached hydrogen (secondary N) is 1. The van der Waals surface area contributed by atoms with Crippen LogP contribution in [-0.4, -0.2) is 36.1 Å². The molecule has 0 saturated heterocycles. The molecular weight excluding hydrogens is 476 g/mol. The topological polar surface area (TPSA) is 107 Å². The van der Waals surface area contributed by atoms with E-state index < -0.39 is 38.9 Å². The molecule has 3 aromatic rings. The van der Waals surface area contributed by atoms with Gasteiger partial charge in [0.2, 0.25) is 10.0 Å². The van der Waals surface area contributed by atoms with E-state index in [2.05, 4.69) is 4.98 Å². The van der Waals surface area contributed by atoms with E-state index in [9.17, 15) is 30.8 Å². The molecule has 0 radical (unpaired) electrons. The third-order valence-corrected chi connectivity index (χ3v) is 7.61. The largest absolute Gasteiger partial charge is 0.404 e. The summed E-state index contributed by atoms with van der Waals surface area (Å²) < 4.78 is 81.0. The maximum atomic E-state index is 14.4. The predicted octanol–water partition coefficient (Wildman–Crippen LogP) is 4.20. The molecule has 1 saturated carbocycles. The molecule has 12 heteroatoms. The van der Waals surface area contributed by atoms with Crippen molar-refractivity contribution in [1.29, 1.82) is 0 Å². The standard InChI is InChI=1S/C22H22F4N4O3S/c1-11-8-18-15(9-16(11)23)19(21(27)31)20(30(18)13-4-3-5-13)17-7-6-14(10-28-17)34(32,33)29-12(2)22(24,25)26/h6-10,12-13,29H,3-5H2,1-2H3,(H2,27,31)/t12-/m0/s1. The molecule has 0 aliphatic heterocycles. The van der Waals surface area contributed by atoms with Gasteiger partial charge in [-0.2, -0.15) is 17.9 Å². The molecule has 0 bridgehead atoms. The average Bonchev–Trinajstić information content (AvgIpc) is 3.00. The highest BCUT2D eigenvalue weighted by Gasteiger charge is 2.39. The number of sulfonamides is 1. The molecule has 7 nitrogen and oxygen atoms in total. The first kappa shape index (κ1) is 24.1. The Labute approximate surface area is 193 Å². The molecule has 4 rings (SSSR count). The molecule has 0 unspecified atom stereocenters. The van der Waals surface area contributed by atoms with E-state index in [1.807, 2.05) is 4.57 Å². The van der Waals surface area contributed by atoms with E-state index in [1.165, 1.54) is 12.1 Å². The molecule has 1 aromatic carbocycles. The highest BCUT2D eigenvalue weighted by Crippen LogP contribution is 2.42. The minimum absolute atomic E-state index is 0.00923. The number of pyridine rings is 1. The number of aryl methyl sites for hydroxylation is 1. The van der Waals surface area contributed by atoms with Crippen LogP contribution in [0.1, 0.15) is 48.1 Å². The van der Waals surface area contributed by atoms with Crippen LogP contribution in [0, 0.1) is 12.7 Å². The fourth-order valence-electron chi connectivity index (χ4n) is 4.01. The molecular formula is C22H22F4N4O3S. The number of carbonyl (C=O) groups excluding carboxylic acids is 1. The van der Waals surface area contributed by atoms with Crippen LogP contribution >= 0.6 is 0 Å². The number of fused-ring (bicyclic) bond motifs is 1. The second-order valence-electron chi connectivity index (χ2n) is 8.42. The number of amides is 1. The van der Waals surface area contributed by atoms with E-state index in [4.69, 9.17) is 5.73 Å². The summed E-state index contributed by atoms with van der Waals surface area (Å²) >= 11 is 0. The van der Waals surface area contributed by atoms with Gasteiger partial charge in [0, 0.05) is 17.6 Å². The first-order valence-corrected chi connectivity index (χ1v) is 12.0. The normalized spacial score (nSPS) is 15.9. The summed E-state index contributed by atoms with van der Waals surface area (Å²) in [4.78, 5) is 16.1. The Morgan fingerprint density at radius 1 is 1.26 bits per heavy atom. The maximum absolute atomic E-state index is 14.4. The van der Waals surface area contributed by atoms with Gasteiger partial charge in [0.1, 0.15) is 16.8 Å². The zero-order valence-electron chi connectivity index (χ0n) is 18.3. The third kappa shape index (κ3) is 4.16. The number of nitrogens with two attached hydrogens (primary N) is 1. The van der Waals surface area contributed by atoms with Crippen LogP contribution in [0.5, 0.6) is 0 Å². The maximum Gasteiger partial charge on any atom is 0.404 e. The lowest BCUT2D eigenvalue weighted by Gasteiger charge is -2.30. The van der Waals surface area contributed by atoms with E-state index in [0.717, 1.165) is 31.5 Å². The van der Waals surface area contributed by atoms with Gasteiger partial charge in [0.05, 0.1) is 22.5 Å². The van der Waals surface area contributed by atoms with Crippen molar-refractivity contribution in [1.82, 2.24) is 14.3 Å². The van der Waals surface area contributed by atoms with Crippen molar-refractivity contribution in [3.8, 4) is 11.4 Å². The van der Waals surface area contributed by atoms with Crippen molar-refractivity contribution >= 4 is 26.8 Å².